The van der Waals surface area contributed by atoms with Crippen LogP contribution in [0.25, 0.3) is 0 Å². The first-order valence-corrected chi connectivity index (χ1v) is 11.2. The highest BCUT2D eigenvalue weighted by Gasteiger charge is 2.43. The highest BCUT2D eigenvalue weighted by atomic mass is 16.8. The predicted octanol–water partition coefficient (Wildman–Crippen LogP) is 3.75. The molecule has 0 fully saturated rings. The maximum Gasteiger partial charge on any atom is 0.338 e. The molecule has 4 rings (SSSR count). The number of nitro benzene ring substituents is 1. The Morgan fingerprint density at radius 2 is 1.54 bits per heavy atom. The third-order valence-corrected chi connectivity index (χ3v) is 5.92. The van der Waals surface area contributed by atoms with Gasteiger partial charge in [0.15, 0.2) is 24.2 Å². The molecule has 2 atom stereocenters. The van der Waals surface area contributed by atoms with E-state index in [0.29, 0.717) is 11.1 Å². The summed E-state index contributed by atoms with van der Waals surface area (Å²) in [5.41, 5.74) is 3.17. The lowest BCUT2D eigenvalue weighted by Crippen LogP contribution is -2.47. The van der Waals surface area contributed by atoms with Crippen molar-refractivity contribution in [1.82, 2.24) is 0 Å². The standard InChI is InChI=1S/C27H26N2O6/c1-17-7-9-19(10-8-17)22(23-25(30)34-27(3,4)35-26(23)31)24(28-15-5-6-18(2)16-28)20-11-13-21(14-12-20)29(32)33/h5-16,22,24H,1-4H3. The Balaban J connectivity index is 1.99. The smallest absolute Gasteiger partial charge is 0.338 e. The van der Waals surface area contributed by atoms with Gasteiger partial charge in [0.05, 0.1) is 22.4 Å². The predicted molar refractivity (Wildman–Crippen MR) is 125 cm³/mol. The fourth-order valence-corrected chi connectivity index (χ4v) is 4.31. The van der Waals surface area contributed by atoms with Gasteiger partial charge in [-0.25, -0.2) is 4.79 Å². The van der Waals surface area contributed by atoms with E-state index in [9.17, 15) is 20.0 Å². The number of non-ortho nitro benzene ring substituents is 1. The van der Waals surface area contributed by atoms with Crippen molar-refractivity contribution in [2.45, 2.75) is 45.4 Å². The Kier molecular flexibility index (Phi) is 6.30. The van der Waals surface area contributed by atoms with E-state index in [-0.39, 0.29) is 11.3 Å². The summed E-state index contributed by atoms with van der Waals surface area (Å²) in [6, 6.07) is 16.8. The van der Waals surface area contributed by atoms with Crippen LogP contribution in [0.2, 0.25) is 0 Å². The summed E-state index contributed by atoms with van der Waals surface area (Å²) in [4.78, 5) is 24.0. The maximum absolute atomic E-state index is 13.2. The van der Waals surface area contributed by atoms with E-state index in [1.807, 2.05) is 67.2 Å². The van der Waals surface area contributed by atoms with E-state index in [1.54, 1.807) is 12.1 Å². The highest BCUT2D eigenvalue weighted by molar-refractivity contribution is 5.91. The highest BCUT2D eigenvalue weighted by Crippen LogP contribution is 2.41. The van der Waals surface area contributed by atoms with Gasteiger partial charge in [0, 0.05) is 29.3 Å². The van der Waals surface area contributed by atoms with Crippen LogP contribution in [-0.2, 0) is 14.3 Å². The number of aryl methyl sites for hydroxylation is 2. The Morgan fingerprint density at radius 3 is 2.11 bits per heavy atom. The summed E-state index contributed by atoms with van der Waals surface area (Å²) in [7, 11) is 0. The van der Waals surface area contributed by atoms with Crippen LogP contribution in [0.3, 0.4) is 0 Å². The topological polar surface area (TPSA) is 106 Å². The van der Waals surface area contributed by atoms with Crippen LogP contribution < -0.4 is 9.67 Å². The average Bonchev–Trinajstić information content (AvgIpc) is 2.78. The molecule has 0 saturated heterocycles. The number of benzene rings is 2. The molecule has 0 aliphatic carbocycles. The van der Waals surface area contributed by atoms with Gasteiger partial charge in [-0.15, -0.1) is 0 Å². The number of rotatable bonds is 6. The second-order valence-corrected chi connectivity index (χ2v) is 9.10. The number of carbonyl (C=O) groups excluding carboxylic acids is 1. The molecule has 180 valence electrons. The number of cyclic esters (lactones) is 1. The van der Waals surface area contributed by atoms with Gasteiger partial charge >= 0.3 is 5.97 Å². The third-order valence-electron chi connectivity index (χ3n) is 5.92. The fourth-order valence-electron chi connectivity index (χ4n) is 4.31. The molecule has 8 heteroatoms. The molecule has 0 N–H and O–H groups in total. The average molecular weight is 475 g/mol. The minimum Gasteiger partial charge on any atom is -0.575 e. The van der Waals surface area contributed by atoms with E-state index >= 15 is 0 Å². The summed E-state index contributed by atoms with van der Waals surface area (Å²) in [5.74, 6) is -3.68. The largest absolute Gasteiger partial charge is 0.575 e. The molecular weight excluding hydrogens is 448 g/mol. The van der Waals surface area contributed by atoms with E-state index < -0.39 is 34.6 Å². The summed E-state index contributed by atoms with van der Waals surface area (Å²) >= 11 is 0. The van der Waals surface area contributed by atoms with Gasteiger partial charge in [-0.1, -0.05) is 29.8 Å². The zero-order valence-electron chi connectivity index (χ0n) is 19.9. The van der Waals surface area contributed by atoms with Crippen LogP contribution in [0.4, 0.5) is 5.69 Å². The molecule has 1 aromatic heterocycles. The third kappa shape index (κ3) is 5.01. The van der Waals surface area contributed by atoms with Crippen molar-refractivity contribution in [2.24, 2.45) is 0 Å². The van der Waals surface area contributed by atoms with E-state index in [2.05, 4.69) is 0 Å². The lowest BCUT2D eigenvalue weighted by Gasteiger charge is -2.41. The Labute approximate surface area is 203 Å². The molecular formula is C27H26N2O6. The van der Waals surface area contributed by atoms with Gasteiger partial charge in [-0.05, 0) is 51.5 Å². The van der Waals surface area contributed by atoms with Crippen LogP contribution in [0, 0.1) is 24.0 Å². The summed E-state index contributed by atoms with van der Waals surface area (Å²) in [5, 5.41) is 24.5. The number of aromatic nitrogens is 1. The molecule has 0 radical (unpaired) electrons. The fraction of sp³-hybridized carbons (Fsp3) is 0.259. The van der Waals surface area contributed by atoms with Crippen LogP contribution in [0.5, 0.6) is 0 Å². The summed E-state index contributed by atoms with van der Waals surface area (Å²) < 4.78 is 12.8. The Bertz CT molecular complexity index is 1300. The maximum atomic E-state index is 13.2. The molecule has 0 saturated carbocycles. The van der Waals surface area contributed by atoms with Gasteiger partial charge in [0.1, 0.15) is 0 Å². The molecule has 1 aliphatic rings. The molecule has 0 amide bonds. The first-order valence-electron chi connectivity index (χ1n) is 11.2. The van der Waals surface area contributed by atoms with Crippen molar-refractivity contribution in [3.8, 4) is 0 Å². The van der Waals surface area contributed by atoms with Crippen LogP contribution in [-0.4, -0.2) is 16.7 Å². The molecule has 3 aromatic rings. The van der Waals surface area contributed by atoms with Crippen LogP contribution in [0.1, 0.15) is 48.1 Å². The first kappa shape index (κ1) is 23.9. The Hall–Kier alpha value is -4.20. The molecule has 0 bridgehead atoms. The number of nitro groups is 1. The molecule has 8 nitrogen and oxygen atoms in total. The monoisotopic (exact) mass is 474 g/mol. The number of carbonyl (C=O) groups is 1. The number of hydrogen-bond donors (Lipinski definition) is 0. The molecule has 2 aromatic carbocycles. The van der Waals surface area contributed by atoms with Gasteiger partial charge < -0.3 is 14.6 Å². The zero-order valence-corrected chi connectivity index (χ0v) is 19.9. The SMILES string of the molecule is Cc1ccc(C(C2=C([O-])OC(C)(C)OC2=O)C(c2ccc([N+](=O)[O-])cc2)[n+]2cccc(C)c2)cc1. The van der Waals surface area contributed by atoms with Crippen LogP contribution in [0.15, 0.2) is 84.6 Å². The first-order chi connectivity index (χ1) is 16.6. The lowest BCUT2D eigenvalue weighted by atomic mass is 9.80. The van der Waals surface area contributed by atoms with Crippen molar-refractivity contribution in [3.05, 3.63) is 117 Å². The van der Waals surface area contributed by atoms with Crippen LogP contribution >= 0.6 is 0 Å². The second-order valence-electron chi connectivity index (χ2n) is 9.10. The van der Waals surface area contributed by atoms with E-state index in [0.717, 1.165) is 11.1 Å². The molecule has 2 unspecified atom stereocenters. The van der Waals surface area contributed by atoms with Gasteiger partial charge in [0.25, 0.3) is 5.69 Å². The number of esters is 1. The second kappa shape index (κ2) is 9.21. The van der Waals surface area contributed by atoms with E-state index in [1.165, 1.54) is 26.0 Å². The van der Waals surface area contributed by atoms with Gasteiger partial charge in [0.2, 0.25) is 0 Å². The normalized spacial score (nSPS) is 16.7. The number of pyridine rings is 1. The summed E-state index contributed by atoms with van der Waals surface area (Å²) in [6.07, 6.45) is 3.74. The lowest BCUT2D eigenvalue weighted by molar-refractivity contribution is -0.716. The molecule has 0 spiro atoms. The molecule has 1 aliphatic heterocycles. The van der Waals surface area contributed by atoms with Gasteiger partial charge in [-0.3, -0.25) is 10.1 Å². The van der Waals surface area contributed by atoms with Crippen molar-refractivity contribution >= 4 is 11.7 Å². The minimum absolute atomic E-state index is 0.0560. The number of hydrogen-bond acceptors (Lipinski definition) is 6. The Morgan fingerprint density at radius 1 is 0.914 bits per heavy atom. The quantitative estimate of drug-likeness (QED) is 0.233. The summed E-state index contributed by atoms with van der Waals surface area (Å²) in [6.45, 7) is 6.89. The zero-order chi connectivity index (χ0) is 25.3. The van der Waals surface area contributed by atoms with Crippen molar-refractivity contribution in [1.29, 1.82) is 0 Å². The number of ether oxygens (including phenoxy) is 2. The molecule has 2 heterocycles. The van der Waals surface area contributed by atoms with Crippen molar-refractivity contribution < 1.29 is 28.9 Å². The molecule has 35 heavy (non-hydrogen) atoms. The minimum atomic E-state index is -1.38. The van der Waals surface area contributed by atoms with Crippen molar-refractivity contribution in [2.75, 3.05) is 0 Å². The van der Waals surface area contributed by atoms with Crippen molar-refractivity contribution in [3.63, 3.8) is 0 Å². The number of nitrogens with zero attached hydrogens (tertiary/aromatic N) is 2. The van der Waals surface area contributed by atoms with Gasteiger partial charge in [-0.2, -0.15) is 4.57 Å². The van der Waals surface area contributed by atoms with E-state index in [4.69, 9.17) is 9.47 Å².